The number of hydrogen-bond acceptors (Lipinski definition) is 7. The molecule has 198 valence electrons. The molecular weight excluding hydrogens is 514 g/mol. The Morgan fingerprint density at radius 1 is 0.921 bits per heavy atom. The minimum atomic E-state index is -0.203. The summed E-state index contributed by atoms with van der Waals surface area (Å²) < 4.78 is 5.55. The first-order valence-corrected chi connectivity index (χ1v) is 14.7. The van der Waals surface area contributed by atoms with Crippen LogP contribution in [0.1, 0.15) is 47.4 Å². The Balaban J connectivity index is 1.38. The molecule has 1 amide bonds. The van der Waals surface area contributed by atoms with Gasteiger partial charge in [-0.3, -0.25) is 14.6 Å². The summed E-state index contributed by atoms with van der Waals surface area (Å²) in [5.41, 5.74) is 6.85. The molecule has 2 aromatic heterocycles. The maximum Gasteiger partial charge on any atom is 0.306 e. The average molecular weight is 548 g/mol. The molecule has 38 heavy (non-hydrogen) atoms. The van der Waals surface area contributed by atoms with Crippen LogP contribution in [-0.4, -0.2) is 27.9 Å². The van der Waals surface area contributed by atoms with Crippen molar-refractivity contribution in [1.29, 1.82) is 0 Å². The number of nitrogens with one attached hydrogen (secondary N) is 1. The number of amides is 1. The normalized spacial score (nSPS) is 12.5. The van der Waals surface area contributed by atoms with Gasteiger partial charge in [0.15, 0.2) is 0 Å². The molecular formula is C30H33N3O3S2. The first-order valence-electron chi connectivity index (χ1n) is 12.9. The number of aryl methyl sites for hydroxylation is 1. The number of carbonyl (C=O) groups is 2. The highest BCUT2D eigenvalue weighted by Crippen LogP contribution is 2.22. The highest BCUT2D eigenvalue weighted by molar-refractivity contribution is 7.09. The lowest BCUT2D eigenvalue weighted by atomic mass is 9.89. The summed E-state index contributed by atoms with van der Waals surface area (Å²) in [6.07, 6.45) is 6.21. The fourth-order valence-electron chi connectivity index (χ4n) is 4.45. The summed E-state index contributed by atoms with van der Waals surface area (Å²) in [5, 5.41) is 5.24. The second-order valence-electron chi connectivity index (χ2n) is 9.40. The van der Waals surface area contributed by atoms with Crippen molar-refractivity contribution in [2.45, 2.75) is 57.6 Å². The fraction of sp³-hybridized carbons (Fsp3) is 0.333. The molecule has 0 aliphatic heterocycles. The predicted molar refractivity (Wildman–Crippen MR) is 152 cm³/mol. The van der Waals surface area contributed by atoms with Crippen LogP contribution in [0.25, 0.3) is 0 Å². The van der Waals surface area contributed by atoms with Gasteiger partial charge in [0.1, 0.15) is 6.61 Å². The van der Waals surface area contributed by atoms with Gasteiger partial charge < -0.3 is 10.1 Å². The molecule has 0 fully saturated rings. The monoisotopic (exact) mass is 547 g/mol. The van der Waals surface area contributed by atoms with Crippen LogP contribution in [0.4, 0.5) is 0 Å². The zero-order chi connectivity index (χ0) is 26.4. The fourth-order valence-corrected chi connectivity index (χ4v) is 5.55. The maximum absolute atomic E-state index is 12.8. The molecule has 4 aromatic rings. The summed E-state index contributed by atoms with van der Waals surface area (Å²) in [7, 11) is 0. The molecule has 8 heteroatoms. The molecule has 2 aromatic carbocycles. The van der Waals surface area contributed by atoms with Crippen LogP contribution in [0.3, 0.4) is 0 Å². The molecule has 2 heterocycles. The van der Waals surface area contributed by atoms with Crippen LogP contribution in [0, 0.1) is 5.92 Å². The molecule has 0 aliphatic carbocycles. The third-order valence-corrected chi connectivity index (χ3v) is 7.77. The minimum absolute atomic E-state index is 0.0215. The summed E-state index contributed by atoms with van der Waals surface area (Å²) >= 11 is 3.02. The van der Waals surface area contributed by atoms with Crippen molar-refractivity contribution < 1.29 is 14.3 Å². The lowest BCUT2D eigenvalue weighted by Crippen LogP contribution is -2.37. The van der Waals surface area contributed by atoms with E-state index in [9.17, 15) is 9.59 Å². The van der Waals surface area contributed by atoms with Gasteiger partial charge in [-0.1, -0.05) is 60.7 Å². The first-order chi connectivity index (χ1) is 18.6. The third-order valence-electron chi connectivity index (χ3n) is 6.39. The van der Waals surface area contributed by atoms with Crippen LogP contribution < -0.4 is 5.32 Å². The van der Waals surface area contributed by atoms with Crippen LogP contribution in [0.5, 0.6) is 0 Å². The zero-order valence-corrected chi connectivity index (χ0v) is 23.0. The van der Waals surface area contributed by atoms with Crippen LogP contribution in [-0.2, 0) is 40.2 Å². The Morgan fingerprint density at radius 3 is 2.32 bits per heavy atom. The number of aromatic nitrogens is 2. The molecule has 1 N–H and O–H groups in total. The Bertz CT molecular complexity index is 1120. The van der Waals surface area contributed by atoms with E-state index in [1.807, 2.05) is 41.8 Å². The Kier molecular flexibility index (Phi) is 11.0. The van der Waals surface area contributed by atoms with Crippen molar-refractivity contribution in [2.75, 3.05) is 0 Å². The molecule has 6 nitrogen and oxygen atoms in total. The summed E-state index contributed by atoms with van der Waals surface area (Å²) in [6.45, 7) is 0.257. The van der Waals surface area contributed by atoms with E-state index in [4.69, 9.17) is 4.74 Å². The van der Waals surface area contributed by atoms with Gasteiger partial charge >= 0.3 is 5.97 Å². The maximum atomic E-state index is 12.8. The van der Waals surface area contributed by atoms with Gasteiger partial charge in [-0.2, -0.15) is 0 Å². The molecule has 2 unspecified atom stereocenters. The van der Waals surface area contributed by atoms with Gasteiger partial charge in [0, 0.05) is 30.5 Å². The van der Waals surface area contributed by atoms with Gasteiger partial charge in [-0.15, -0.1) is 22.7 Å². The molecule has 0 radical (unpaired) electrons. The topological polar surface area (TPSA) is 81.2 Å². The minimum Gasteiger partial charge on any atom is -0.460 e. The Hall–Kier alpha value is -3.36. The Morgan fingerprint density at radius 2 is 1.66 bits per heavy atom. The number of carbonyl (C=O) groups excluding carboxylic acids is 2. The first kappa shape index (κ1) is 27.7. The molecule has 0 saturated heterocycles. The Labute approximate surface area is 232 Å². The second kappa shape index (κ2) is 15.1. The molecule has 0 bridgehead atoms. The van der Waals surface area contributed by atoms with Crippen molar-refractivity contribution in [3.63, 3.8) is 0 Å². The van der Waals surface area contributed by atoms with E-state index in [0.717, 1.165) is 36.3 Å². The van der Waals surface area contributed by atoms with E-state index < -0.39 is 0 Å². The van der Waals surface area contributed by atoms with Crippen molar-refractivity contribution in [1.82, 2.24) is 15.3 Å². The highest BCUT2D eigenvalue weighted by atomic mass is 32.1. The van der Waals surface area contributed by atoms with Crippen molar-refractivity contribution >= 4 is 34.6 Å². The number of thiazole rings is 2. The zero-order valence-electron chi connectivity index (χ0n) is 21.3. The van der Waals surface area contributed by atoms with Crippen molar-refractivity contribution in [2.24, 2.45) is 5.92 Å². The number of nitrogens with zero attached hydrogens (tertiary/aromatic N) is 2. The van der Waals surface area contributed by atoms with Crippen molar-refractivity contribution in [3.05, 3.63) is 105 Å². The van der Waals surface area contributed by atoms with Gasteiger partial charge in [0.2, 0.25) is 5.91 Å². The third kappa shape index (κ3) is 9.84. The lowest BCUT2D eigenvalue weighted by Gasteiger charge is -2.23. The van der Waals surface area contributed by atoms with E-state index in [1.54, 1.807) is 28.6 Å². The SMILES string of the molecule is O=C(CCc1cscn1)NC(CCC(CC(=O)OCc1cncs1)Cc1ccccc1)Cc1ccccc1. The quantitative estimate of drug-likeness (QED) is 0.184. The standard InChI is InChI=1S/C30H33N3O3S2/c34-29(14-13-27-20-37-22-32-27)33-26(16-24-9-5-2-6-10-24)12-11-25(15-23-7-3-1-4-8-23)17-30(35)36-19-28-18-31-21-38-28/h1-10,18,20-22,25-26H,11-17,19H2,(H,33,34). The van der Waals surface area contributed by atoms with Gasteiger partial charge in [-0.05, 0) is 49.1 Å². The number of benzene rings is 2. The molecule has 0 spiro atoms. The summed E-state index contributed by atoms with van der Waals surface area (Å²) in [5.74, 6) is -0.0645. The lowest BCUT2D eigenvalue weighted by molar-refractivity contribution is -0.146. The summed E-state index contributed by atoms with van der Waals surface area (Å²) in [6, 6.07) is 20.4. The van der Waals surface area contributed by atoms with E-state index in [1.165, 1.54) is 22.5 Å². The molecule has 4 rings (SSSR count). The van der Waals surface area contributed by atoms with E-state index in [2.05, 4.69) is 39.6 Å². The van der Waals surface area contributed by atoms with Gasteiger partial charge in [0.05, 0.1) is 21.6 Å². The molecule has 2 atom stereocenters. The van der Waals surface area contributed by atoms with Gasteiger partial charge in [-0.25, -0.2) is 4.98 Å². The number of ether oxygens (including phenoxy) is 1. The average Bonchev–Trinajstić information content (AvgIpc) is 3.65. The van der Waals surface area contributed by atoms with E-state index in [-0.39, 0.29) is 30.4 Å². The predicted octanol–water partition coefficient (Wildman–Crippen LogP) is 6.03. The van der Waals surface area contributed by atoms with Gasteiger partial charge in [0.25, 0.3) is 0 Å². The van der Waals surface area contributed by atoms with Crippen LogP contribution in [0.15, 0.2) is 83.3 Å². The van der Waals surface area contributed by atoms with Crippen LogP contribution in [0.2, 0.25) is 0 Å². The highest BCUT2D eigenvalue weighted by Gasteiger charge is 2.20. The smallest absolute Gasteiger partial charge is 0.306 e. The number of esters is 1. The summed E-state index contributed by atoms with van der Waals surface area (Å²) in [4.78, 5) is 34.8. The van der Waals surface area contributed by atoms with Crippen molar-refractivity contribution in [3.8, 4) is 0 Å². The van der Waals surface area contributed by atoms with Crippen LogP contribution >= 0.6 is 22.7 Å². The number of rotatable bonds is 15. The van der Waals surface area contributed by atoms with E-state index in [0.29, 0.717) is 19.3 Å². The van der Waals surface area contributed by atoms with E-state index >= 15 is 0 Å². The molecule has 0 aliphatic rings. The molecule has 0 saturated carbocycles. The largest absolute Gasteiger partial charge is 0.460 e. The number of hydrogen-bond donors (Lipinski definition) is 1. The second-order valence-corrected chi connectivity index (χ2v) is 11.1.